The average molecular weight is 565 g/mol. The van der Waals surface area contributed by atoms with Gasteiger partial charge in [-0.25, -0.2) is 14.4 Å². The first-order valence-corrected chi connectivity index (χ1v) is 13.3. The second-order valence-electron chi connectivity index (χ2n) is 12.7. The normalized spacial score (nSPS) is 44.4. The summed E-state index contributed by atoms with van der Waals surface area (Å²) in [6, 6.07) is 0. The van der Waals surface area contributed by atoms with Gasteiger partial charge in [0, 0.05) is 23.8 Å². The molecule has 40 heavy (non-hydrogen) atoms. The smallest absolute Gasteiger partial charge is 0.348 e. The van der Waals surface area contributed by atoms with Crippen LogP contribution in [0.1, 0.15) is 47.5 Å². The van der Waals surface area contributed by atoms with Crippen molar-refractivity contribution in [2.24, 2.45) is 28.6 Å². The van der Waals surface area contributed by atoms with Crippen LogP contribution in [0.15, 0.2) is 23.0 Å². The number of ether oxygens (including phenoxy) is 4. The molecule has 0 aromatic heterocycles. The van der Waals surface area contributed by atoms with E-state index in [0.717, 1.165) is 13.2 Å². The van der Waals surface area contributed by atoms with E-state index in [-0.39, 0.29) is 30.8 Å². The van der Waals surface area contributed by atoms with Crippen molar-refractivity contribution in [1.82, 2.24) is 0 Å². The number of methoxy groups -OCH3 is 1. The van der Waals surface area contributed by atoms with Crippen LogP contribution in [0.4, 0.5) is 0 Å². The lowest BCUT2D eigenvalue weighted by Crippen LogP contribution is -2.79. The maximum absolute atomic E-state index is 13.5. The zero-order chi connectivity index (χ0) is 29.7. The van der Waals surface area contributed by atoms with Crippen LogP contribution in [0.25, 0.3) is 0 Å². The van der Waals surface area contributed by atoms with Crippen molar-refractivity contribution in [3.63, 3.8) is 0 Å². The van der Waals surface area contributed by atoms with E-state index in [1.807, 2.05) is 0 Å². The lowest BCUT2D eigenvalue weighted by molar-refractivity contribution is -0.290. The maximum atomic E-state index is 13.5. The summed E-state index contributed by atoms with van der Waals surface area (Å²) in [6.45, 7) is 7.54. The summed E-state index contributed by atoms with van der Waals surface area (Å²) in [7, 11) is 1.07. The number of hydrogen-bond acceptors (Lipinski definition) is 12. The van der Waals surface area contributed by atoms with Crippen LogP contribution in [0.5, 0.6) is 0 Å². The highest BCUT2D eigenvalue weighted by Crippen LogP contribution is 2.72. The Balaban J connectivity index is 1.70. The Labute approximate surface area is 230 Å². The Morgan fingerprint density at radius 1 is 1.18 bits per heavy atom. The summed E-state index contributed by atoms with van der Waals surface area (Å²) in [4.78, 5) is 52.8. The average Bonchev–Trinajstić information content (AvgIpc) is 3.17. The van der Waals surface area contributed by atoms with Gasteiger partial charge < -0.3 is 39.4 Å². The number of aliphatic hydroxyl groups is 4. The molecule has 2 unspecified atom stereocenters. The Morgan fingerprint density at radius 2 is 1.82 bits per heavy atom. The molecule has 220 valence electrons. The highest BCUT2D eigenvalue weighted by atomic mass is 16.6. The van der Waals surface area contributed by atoms with Crippen LogP contribution in [-0.4, -0.2) is 93.5 Å². The van der Waals surface area contributed by atoms with Crippen LogP contribution in [0.2, 0.25) is 0 Å². The molecule has 2 saturated carbocycles. The highest BCUT2D eigenvalue weighted by molar-refractivity contribution is 5.95. The van der Waals surface area contributed by atoms with Gasteiger partial charge >= 0.3 is 17.9 Å². The van der Waals surface area contributed by atoms with E-state index >= 15 is 0 Å². The molecular formula is C28H36O12. The molecule has 2 heterocycles. The van der Waals surface area contributed by atoms with Crippen molar-refractivity contribution in [2.45, 2.75) is 83.1 Å². The van der Waals surface area contributed by atoms with Gasteiger partial charge in [-0.2, -0.15) is 0 Å². The van der Waals surface area contributed by atoms with Gasteiger partial charge in [0.15, 0.2) is 11.5 Å². The van der Waals surface area contributed by atoms with Crippen molar-refractivity contribution in [3.8, 4) is 0 Å². The van der Waals surface area contributed by atoms with Gasteiger partial charge in [-0.1, -0.05) is 6.92 Å². The second kappa shape index (κ2) is 8.85. The van der Waals surface area contributed by atoms with E-state index in [4.69, 9.17) is 18.9 Å². The fourth-order valence-corrected chi connectivity index (χ4v) is 8.37. The minimum atomic E-state index is -2.28. The highest BCUT2D eigenvalue weighted by Gasteiger charge is 2.85. The van der Waals surface area contributed by atoms with Crippen molar-refractivity contribution < 1.29 is 58.6 Å². The lowest BCUT2D eigenvalue weighted by Gasteiger charge is -2.67. The van der Waals surface area contributed by atoms with E-state index in [2.05, 4.69) is 0 Å². The molecule has 4 N–H and O–H groups in total. The number of hydrogen-bond donors (Lipinski definition) is 4. The summed E-state index contributed by atoms with van der Waals surface area (Å²) in [6.07, 6.45) is -5.28. The number of Topliss-reactive ketones (excluding diaryl/α,β-unsaturated/α-hetero) is 1. The Kier molecular flexibility index (Phi) is 6.35. The van der Waals surface area contributed by atoms with Crippen LogP contribution in [-0.2, 0) is 38.1 Å². The zero-order valence-corrected chi connectivity index (χ0v) is 23.3. The summed E-state index contributed by atoms with van der Waals surface area (Å²) in [5.74, 6) is -6.76. The summed E-state index contributed by atoms with van der Waals surface area (Å²) in [5, 5.41) is 44.0. The monoisotopic (exact) mass is 564 g/mol. The molecule has 0 aromatic carbocycles. The van der Waals surface area contributed by atoms with Gasteiger partial charge in [0.1, 0.15) is 12.2 Å². The Hall–Kier alpha value is -2.80. The minimum absolute atomic E-state index is 0.139. The molecule has 2 aliphatic heterocycles. The minimum Gasteiger partial charge on any atom is -0.504 e. The fourth-order valence-electron chi connectivity index (χ4n) is 8.37. The zero-order valence-electron chi connectivity index (χ0n) is 23.3. The van der Waals surface area contributed by atoms with Gasteiger partial charge in [-0.15, -0.1) is 0 Å². The predicted octanol–water partition coefficient (Wildman–Crippen LogP) is 0.268. The molecule has 3 aliphatic carbocycles. The van der Waals surface area contributed by atoms with Crippen molar-refractivity contribution >= 4 is 23.7 Å². The largest absolute Gasteiger partial charge is 0.504 e. The van der Waals surface area contributed by atoms with E-state index in [1.54, 1.807) is 13.8 Å². The van der Waals surface area contributed by atoms with Crippen LogP contribution in [0.3, 0.4) is 0 Å². The molecule has 2 saturated heterocycles. The van der Waals surface area contributed by atoms with E-state index < -0.39 is 87.9 Å². The molecule has 2 bridgehead atoms. The first-order valence-electron chi connectivity index (χ1n) is 13.3. The van der Waals surface area contributed by atoms with Crippen molar-refractivity contribution in [3.05, 3.63) is 23.0 Å². The number of carbonyl (C=O) groups is 4. The third kappa shape index (κ3) is 3.45. The van der Waals surface area contributed by atoms with Gasteiger partial charge in [-0.3, -0.25) is 4.79 Å². The molecule has 5 aliphatic rings. The Morgan fingerprint density at radius 3 is 2.42 bits per heavy atom. The van der Waals surface area contributed by atoms with Crippen molar-refractivity contribution in [2.75, 3.05) is 13.7 Å². The van der Waals surface area contributed by atoms with E-state index in [9.17, 15) is 39.6 Å². The van der Waals surface area contributed by atoms with Gasteiger partial charge in [0.25, 0.3) is 0 Å². The molecule has 10 atom stereocenters. The molecule has 0 aromatic rings. The van der Waals surface area contributed by atoms with Crippen molar-refractivity contribution in [1.29, 1.82) is 0 Å². The molecule has 5 rings (SSSR count). The standard InChI is InChI=1S/C28H36O12/c1-11(25(3,4)36)7-16(30)40-19-21-27-10-38-28(21,24(35)37-6)22(33)18(32)20(27)26(5)9-14(29)17(31)12(2)13(26)8-15(27)39-23(19)34/h7,13,15,18-22,31-33,36H,8-10H2,1-6H3/b11-7+/t13?,15-,18-,19-,20?,21-,22+,26+,27-,28+/m1/s1. The summed E-state index contributed by atoms with van der Waals surface area (Å²) >= 11 is 0. The fraction of sp³-hybridized carbons (Fsp3) is 0.714. The molecule has 1 spiro atoms. The quantitative estimate of drug-likeness (QED) is 0.208. The summed E-state index contributed by atoms with van der Waals surface area (Å²) < 4.78 is 22.6. The topological polar surface area (TPSA) is 186 Å². The number of aliphatic hydroxyl groups excluding tert-OH is 3. The van der Waals surface area contributed by atoms with E-state index in [0.29, 0.717) is 5.57 Å². The number of rotatable bonds is 4. The van der Waals surface area contributed by atoms with E-state index in [1.165, 1.54) is 20.8 Å². The molecule has 12 heteroatoms. The van der Waals surface area contributed by atoms with Gasteiger partial charge in [0.05, 0.1) is 31.3 Å². The number of esters is 3. The summed E-state index contributed by atoms with van der Waals surface area (Å²) in [5.41, 5.74) is -5.43. The molecule has 0 radical (unpaired) electrons. The maximum Gasteiger partial charge on any atom is 0.348 e. The molecular weight excluding hydrogens is 528 g/mol. The number of fused-ring (bicyclic) bond motifs is 2. The third-order valence-corrected chi connectivity index (χ3v) is 10.4. The van der Waals surface area contributed by atoms with Crippen LogP contribution in [0, 0.1) is 28.6 Å². The SMILES string of the molecule is COC(=O)[C@@]12OC[C@]34C([C@@H](O)[C@@H]1O)[C@@]1(C)CC(=O)C(O)=C(C)C1C[C@H]3OC(=O)[C@H](OC(=O)/C=C(\C)C(C)(C)O)[C@@H]24. The van der Waals surface area contributed by atoms with Crippen LogP contribution < -0.4 is 0 Å². The predicted molar refractivity (Wildman–Crippen MR) is 133 cm³/mol. The number of ketones is 1. The molecule has 4 fully saturated rings. The van der Waals surface area contributed by atoms with Crippen LogP contribution >= 0.6 is 0 Å². The van der Waals surface area contributed by atoms with Gasteiger partial charge in [0.2, 0.25) is 11.7 Å². The third-order valence-electron chi connectivity index (χ3n) is 10.4. The first kappa shape index (κ1) is 28.7. The first-order chi connectivity index (χ1) is 18.5. The molecule has 12 nitrogen and oxygen atoms in total. The Bertz CT molecular complexity index is 1240. The second-order valence-corrected chi connectivity index (χ2v) is 12.7. The number of allylic oxidation sites excluding steroid dienone is 2. The van der Waals surface area contributed by atoms with Gasteiger partial charge in [-0.05, 0) is 56.6 Å². The lowest BCUT2D eigenvalue weighted by atomic mass is 9.38. The number of carbonyl (C=O) groups excluding carboxylic acids is 4. The molecule has 0 amide bonds.